The van der Waals surface area contributed by atoms with E-state index in [9.17, 15) is 4.79 Å². The molecule has 0 aliphatic carbocycles. The molecule has 7 heavy (non-hydrogen) atoms. The van der Waals surface area contributed by atoms with Crippen LogP contribution in [0.4, 0.5) is 0 Å². The van der Waals surface area contributed by atoms with Crippen LogP contribution in [0.3, 0.4) is 0 Å². The van der Waals surface area contributed by atoms with Crippen LogP contribution >= 0.6 is 9.39 Å². The van der Waals surface area contributed by atoms with Gasteiger partial charge in [-0.1, -0.05) is 9.39 Å². The van der Waals surface area contributed by atoms with Crippen LogP contribution < -0.4 is 5.09 Å². The second-order valence-electron chi connectivity index (χ2n) is 0.957. The molecular weight excluding hydrogens is 113 g/mol. The fraction of sp³-hybridized carbons (Fsp3) is 0.667. The first-order valence-corrected chi connectivity index (χ1v) is 2.39. The third-order valence-corrected chi connectivity index (χ3v) is 0.678. The Labute approximate surface area is 44.7 Å². The zero-order valence-corrected chi connectivity index (χ0v) is 5.26. The maximum Gasteiger partial charge on any atom is 0.319 e. The van der Waals surface area contributed by atoms with Gasteiger partial charge in [0.15, 0.2) is 0 Å². The molecule has 1 N–H and O–H groups in total. The van der Waals surface area contributed by atoms with Gasteiger partial charge in [0.25, 0.3) is 0 Å². The lowest BCUT2D eigenvalue weighted by Crippen LogP contribution is -2.14. The Morgan fingerprint density at radius 3 is 2.71 bits per heavy atom. The molecule has 0 aromatic heterocycles. The van der Waals surface area contributed by atoms with Crippen molar-refractivity contribution in [2.24, 2.45) is 0 Å². The molecule has 0 amide bonds. The van der Waals surface area contributed by atoms with Gasteiger partial charge in [-0.25, -0.2) is 0 Å². The molecule has 0 saturated carbocycles. The second kappa shape index (κ2) is 4.03. The molecule has 0 bridgehead atoms. The summed E-state index contributed by atoms with van der Waals surface area (Å²) in [6, 6.07) is 0. The molecule has 4 heteroatoms. The second-order valence-corrected chi connectivity index (χ2v) is 1.37. The molecule has 0 radical (unpaired) electrons. The summed E-state index contributed by atoms with van der Waals surface area (Å²) < 4.78 is 4.28. The summed E-state index contributed by atoms with van der Waals surface area (Å²) in [6.45, 7) is 0.251. The minimum Gasteiger partial charge on any atom is -0.468 e. The Morgan fingerprint density at radius 1 is 2.00 bits per heavy atom. The SMILES string of the molecule is COC(=O)CNP. The molecule has 0 aliphatic heterocycles. The minimum absolute atomic E-state index is 0.251. The van der Waals surface area contributed by atoms with E-state index in [0.29, 0.717) is 0 Å². The molecule has 0 saturated heterocycles. The van der Waals surface area contributed by atoms with E-state index >= 15 is 0 Å². The fourth-order valence-corrected chi connectivity index (χ4v) is 0.322. The Morgan fingerprint density at radius 2 is 2.57 bits per heavy atom. The summed E-state index contributed by atoms with van der Waals surface area (Å²) in [6.07, 6.45) is 0. The lowest BCUT2D eigenvalue weighted by Gasteiger charge is -1.92. The quantitative estimate of drug-likeness (QED) is 0.397. The van der Waals surface area contributed by atoms with Crippen LogP contribution in [0, 0.1) is 0 Å². The van der Waals surface area contributed by atoms with Gasteiger partial charge in [-0.15, -0.1) is 0 Å². The number of esters is 1. The molecule has 42 valence electrons. The van der Waals surface area contributed by atoms with Gasteiger partial charge >= 0.3 is 5.97 Å². The number of hydrogen-bond acceptors (Lipinski definition) is 3. The standard InChI is InChI=1S/C3H8NO2P/c1-6-3(5)2-4-7/h4H,2,7H2,1H3. The molecule has 0 heterocycles. The Hall–Kier alpha value is -0.140. The monoisotopic (exact) mass is 121 g/mol. The van der Waals surface area contributed by atoms with Crippen molar-refractivity contribution in [1.29, 1.82) is 0 Å². The highest BCUT2D eigenvalue weighted by Crippen LogP contribution is 1.71. The van der Waals surface area contributed by atoms with E-state index in [0.717, 1.165) is 0 Å². The molecule has 0 spiro atoms. The first kappa shape index (κ1) is 6.86. The third-order valence-electron chi connectivity index (χ3n) is 0.474. The molecule has 3 nitrogen and oxygen atoms in total. The fourth-order valence-electron chi connectivity index (χ4n) is 0.156. The van der Waals surface area contributed by atoms with Crippen LogP contribution in [0.15, 0.2) is 0 Å². The van der Waals surface area contributed by atoms with E-state index in [-0.39, 0.29) is 12.5 Å². The average molecular weight is 121 g/mol. The maximum atomic E-state index is 10.1. The summed E-state index contributed by atoms with van der Waals surface area (Å²) in [4.78, 5) is 10.1. The van der Waals surface area contributed by atoms with Crippen LogP contribution in [-0.4, -0.2) is 19.6 Å². The number of carbonyl (C=O) groups is 1. The van der Waals surface area contributed by atoms with Gasteiger partial charge in [0.1, 0.15) is 0 Å². The van der Waals surface area contributed by atoms with Crippen molar-refractivity contribution in [2.45, 2.75) is 0 Å². The summed E-state index contributed by atoms with van der Waals surface area (Å²) in [5.74, 6) is -0.255. The smallest absolute Gasteiger partial charge is 0.319 e. The molecule has 0 aromatic rings. The molecule has 0 rings (SSSR count). The van der Waals surface area contributed by atoms with Gasteiger partial charge in [0, 0.05) is 0 Å². The lowest BCUT2D eigenvalue weighted by molar-refractivity contribution is -0.139. The Kier molecular flexibility index (Phi) is 3.95. The van der Waals surface area contributed by atoms with Gasteiger partial charge in [-0.3, -0.25) is 9.88 Å². The van der Waals surface area contributed by atoms with Gasteiger partial charge in [0.2, 0.25) is 0 Å². The van der Waals surface area contributed by atoms with Crippen LogP contribution in [0.2, 0.25) is 0 Å². The van der Waals surface area contributed by atoms with Gasteiger partial charge in [0.05, 0.1) is 13.7 Å². The van der Waals surface area contributed by atoms with Crippen LogP contribution in [0.5, 0.6) is 0 Å². The van der Waals surface area contributed by atoms with Crippen molar-refractivity contribution in [1.82, 2.24) is 5.09 Å². The van der Waals surface area contributed by atoms with Crippen molar-refractivity contribution in [3.63, 3.8) is 0 Å². The zero-order valence-electron chi connectivity index (χ0n) is 4.10. The van der Waals surface area contributed by atoms with Crippen LogP contribution in [0.25, 0.3) is 0 Å². The van der Waals surface area contributed by atoms with Crippen LogP contribution in [0.1, 0.15) is 0 Å². The highest BCUT2D eigenvalue weighted by atomic mass is 31.0. The molecule has 0 aliphatic rings. The summed E-state index contributed by atoms with van der Waals surface area (Å²) in [5, 5.41) is 2.56. The molecular formula is C3H8NO2P. The Bertz CT molecular complexity index is 66.0. The first-order valence-electron chi connectivity index (χ1n) is 1.81. The Balaban J connectivity index is 3.00. The van der Waals surface area contributed by atoms with Crippen molar-refractivity contribution in [3.05, 3.63) is 0 Å². The van der Waals surface area contributed by atoms with Crippen LogP contribution in [-0.2, 0) is 9.53 Å². The number of hydrogen-bond donors (Lipinski definition) is 1. The van der Waals surface area contributed by atoms with Crippen molar-refractivity contribution in [2.75, 3.05) is 13.7 Å². The van der Waals surface area contributed by atoms with E-state index in [1.54, 1.807) is 0 Å². The third kappa shape index (κ3) is 3.70. The number of methoxy groups -OCH3 is 1. The van der Waals surface area contributed by atoms with Gasteiger partial charge in [-0.05, 0) is 0 Å². The van der Waals surface area contributed by atoms with Gasteiger partial charge in [-0.2, -0.15) is 0 Å². The highest BCUT2D eigenvalue weighted by molar-refractivity contribution is 7.13. The number of rotatable bonds is 2. The predicted octanol–water partition coefficient (Wildman–Crippen LogP) is -0.461. The minimum atomic E-state index is -0.255. The molecule has 0 aromatic carbocycles. The van der Waals surface area contributed by atoms with Crippen molar-refractivity contribution in [3.8, 4) is 0 Å². The first-order chi connectivity index (χ1) is 3.31. The predicted molar refractivity (Wildman–Crippen MR) is 29.7 cm³/mol. The van der Waals surface area contributed by atoms with Crippen molar-refractivity contribution < 1.29 is 9.53 Å². The number of carbonyl (C=O) groups excluding carboxylic acids is 1. The van der Waals surface area contributed by atoms with Gasteiger partial charge < -0.3 is 4.74 Å². The molecule has 0 fully saturated rings. The van der Waals surface area contributed by atoms with Crippen molar-refractivity contribution >= 4 is 15.4 Å². The summed E-state index contributed by atoms with van der Waals surface area (Å²) in [7, 11) is 3.55. The zero-order chi connectivity index (χ0) is 5.70. The van der Waals surface area contributed by atoms with E-state index in [1.165, 1.54) is 7.11 Å². The topological polar surface area (TPSA) is 38.3 Å². The number of nitrogens with one attached hydrogen (secondary N) is 1. The normalized spacial score (nSPS) is 8.29. The summed E-state index contributed by atoms with van der Waals surface area (Å²) >= 11 is 0. The van der Waals surface area contributed by atoms with E-state index in [4.69, 9.17) is 0 Å². The largest absolute Gasteiger partial charge is 0.468 e. The number of ether oxygens (including phenoxy) is 1. The average Bonchev–Trinajstić information content (AvgIpc) is 1.68. The highest BCUT2D eigenvalue weighted by Gasteiger charge is 1.91. The van der Waals surface area contributed by atoms with E-state index in [1.807, 2.05) is 0 Å². The molecule has 1 unspecified atom stereocenters. The maximum absolute atomic E-state index is 10.1. The molecule has 1 atom stereocenters. The van der Waals surface area contributed by atoms with E-state index in [2.05, 4.69) is 19.2 Å². The van der Waals surface area contributed by atoms with E-state index < -0.39 is 0 Å². The lowest BCUT2D eigenvalue weighted by atomic mass is 10.7. The summed E-state index contributed by atoms with van der Waals surface area (Å²) in [5.41, 5.74) is 0.